The fourth-order valence-electron chi connectivity index (χ4n) is 2.88. The van der Waals surface area contributed by atoms with Crippen molar-refractivity contribution in [2.75, 3.05) is 20.3 Å². The van der Waals surface area contributed by atoms with Gasteiger partial charge in [0.15, 0.2) is 11.6 Å². The van der Waals surface area contributed by atoms with Crippen LogP contribution in [-0.4, -0.2) is 43.3 Å². The molecule has 1 atom stereocenters. The number of ether oxygens (including phenoxy) is 2. The molecule has 1 N–H and O–H groups in total. The minimum atomic E-state index is -1.06. The molecule has 0 radical (unpaired) electrons. The lowest BCUT2D eigenvalue weighted by molar-refractivity contribution is -0.140. The van der Waals surface area contributed by atoms with Gasteiger partial charge in [-0.1, -0.05) is 6.07 Å². The number of nitrogens with zero attached hydrogens (tertiary/aromatic N) is 1. The van der Waals surface area contributed by atoms with Crippen molar-refractivity contribution in [1.82, 2.24) is 10.2 Å². The van der Waals surface area contributed by atoms with Gasteiger partial charge in [0, 0.05) is 18.8 Å². The van der Waals surface area contributed by atoms with Crippen LogP contribution in [0.5, 0.6) is 0 Å². The molecule has 0 bridgehead atoms. The Labute approximate surface area is 150 Å². The van der Waals surface area contributed by atoms with Crippen LogP contribution < -0.4 is 5.32 Å². The fourth-order valence-corrected chi connectivity index (χ4v) is 2.88. The molecule has 1 heterocycles. The molecule has 1 aromatic carbocycles. The van der Waals surface area contributed by atoms with Gasteiger partial charge in [-0.15, -0.1) is 0 Å². The van der Waals surface area contributed by atoms with Gasteiger partial charge in [0.05, 0.1) is 18.2 Å². The van der Waals surface area contributed by atoms with Crippen molar-refractivity contribution in [3.8, 4) is 0 Å². The van der Waals surface area contributed by atoms with Crippen LogP contribution in [0.1, 0.15) is 32.4 Å². The summed E-state index contributed by atoms with van der Waals surface area (Å²) in [6.07, 6.45) is 0. The van der Waals surface area contributed by atoms with Crippen LogP contribution in [0.4, 0.5) is 13.6 Å². The predicted molar refractivity (Wildman–Crippen MR) is 90.1 cm³/mol. The number of hydrogen-bond acceptors (Lipinski definition) is 4. The van der Waals surface area contributed by atoms with Crippen LogP contribution in [0.15, 0.2) is 29.5 Å². The van der Waals surface area contributed by atoms with Gasteiger partial charge >= 0.3 is 12.0 Å². The van der Waals surface area contributed by atoms with E-state index in [2.05, 4.69) is 5.32 Å². The second-order valence-corrected chi connectivity index (χ2v) is 6.15. The lowest BCUT2D eigenvalue weighted by Crippen LogP contribution is -2.50. The zero-order valence-electron chi connectivity index (χ0n) is 15.1. The van der Waals surface area contributed by atoms with Crippen molar-refractivity contribution < 1.29 is 27.8 Å². The van der Waals surface area contributed by atoms with Gasteiger partial charge in [0.1, 0.15) is 6.61 Å². The molecule has 0 aromatic heterocycles. The molecule has 26 heavy (non-hydrogen) atoms. The lowest BCUT2D eigenvalue weighted by Gasteiger charge is -2.37. The predicted octanol–water partition coefficient (Wildman–Crippen LogP) is 2.90. The van der Waals surface area contributed by atoms with Crippen molar-refractivity contribution in [1.29, 1.82) is 0 Å². The first-order chi connectivity index (χ1) is 12.3. The second kappa shape index (κ2) is 8.27. The van der Waals surface area contributed by atoms with E-state index in [9.17, 15) is 18.4 Å². The molecule has 8 heteroatoms. The topological polar surface area (TPSA) is 67.9 Å². The number of carbonyl (C=O) groups is 2. The zero-order chi connectivity index (χ0) is 19.4. The molecule has 2 rings (SSSR count). The Kier molecular flexibility index (Phi) is 6.31. The minimum absolute atomic E-state index is 0.0340. The summed E-state index contributed by atoms with van der Waals surface area (Å²) in [5, 5.41) is 2.67. The first-order valence-electron chi connectivity index (χ1n) is 8.19. The molecule has 1 aliphatic rings. The van der Waals surface area contributed by atoms with E-state index in [1.54, 1.807) is 20.8 Å². The molecular formula is C18H22F2N2O4. The Bertz CT molecular complexity index is 734. The van der Waals surface area contributed by atoms with Crippen molar-refractivity contribution in [3.05, 3.63) is 46.7 Å². The van der Waals surface area contributed by atoms with E-state index in [1.807, 2.05) is 0 Å². The molecule has 1 aliphatic heterocycles. The Morgan fingerprint density at radius 1 is 1.27 bits per heavy atom. The Balaban J connectivity index is 2.48. The molecule has 0 fully saturated rings. The fraction of sp³-hybridized carbons (Fsp3) is 0.444. The van der Waals surface area contributed by atoms with Crippen LogP contribution in [0.2, 0.25) is 0 Å². The van der Waals surface area contributed by atoms with Crippen molar-refractivity contribution in [2.24, 2.45) is 0 Å². The number of hydrogen-bond donors (Lipinski definition) is 1. The van der Waals surface area contributed by atoms with E-state index in [-0.39, 0.29) is 30.4 Å². The normalized spacial score (nSPS) is 17.6. The Morgan fingerprint density at radius 2 is 1.96 bits per heavy atom. The van der Waals surface area contributed by atoms with Crippen LogP contribution in [-0.2, 0) is 14.3 Å². The van der Waals surface area contributed by atoms with Crippen molar-refractivity contribution in [3.63, 3.8) is 0 Å². The third kappa shape index (κ3) is 4.01. The summed E-state index contributed by atoms with van der Waals surface area (Å²) in [6, 6.07) is 1.66. The average Bonchev–Trinajstić information content (AvgIpc) is 2.56. The molecule has 0 aliphatic carbocycles. The highest BCUT2D eigenvalue weighted by molar-refractivity contribution is 5.95. The molecule has 1 aromatic rings. The first kappa shape index (κ1) is 19.8. The third-order valence-electron chi connectivity index (χ3n) is 4.06. The Hall–Kier alpha value is -2.48. The zero-order valence-corrected chi connectivity index (χ0v) is 15.1. The van der Waals surface area contributed by atoms with Crippen LogP contribution in [0.25, 0.3) is 0 Å². The van der Waals surface area contributed by atoms with E-state index in [4.69, 9.17) is 9.47 Å². The number of allylic oxidation sites excluding steroid dienone is 1. The second-order valence-electron chi connectivity index (χ2n) is 6.15. The van der Waals surface area contributed by atoms with Gasteiger partial charge in [-0.3, -0.25) is 4.90 Å². The van der Waals surface area contributed by atoms with Gasteiger partial charge in [0.25, 0.3) is 0 Å². The maximum absolute atomic E-state index is 13.7. The monoisotopic (exact) mass is 368 g/mol. The van der Waals surface area contributed by atoms with E-state index in [0.29, 0.717) is 5.70 Å². The van der Waals surface area contributed by atoms with Crippen LogP contribution >= 0.6 is 0 Å². The van der Waals surface area contributed by atoms with Gasteiger partial charge < -0.3 is 14.8 Å². The Morgan fingerprint density at radius 3 is 2.54 bits per heavy atom. The van der Waals surface area contributed by atoms with Gasteiger partial charge in [0.2, 0.25) is 0 Å². The number of benzene rings is 1. The number of urea groups is 1. The summed E-state index contributed by atoms with van der Waals surface area (Å²) in [4.78, 5) is 26.5. The summed E-state index contributed by atoms with van der Waals surface area (Å²) in [5.41, 5.74) is 0.819. The maximum Gasteiger partial charge on any atom is 0.338 e. The maximum atomic E-state index is 13.7. The van der Waals surface area contributed by atoms with Crippen molar-refractivity contribution in [2.45, 2.75) is 32.9 Å². The van der Waals surface area contributed by atoms with Gasteiger partial charge in [-0.25, -0.2) is 18.4 Å². The smallest absolute Gasteiger partial charge is 0.338 e. The quantitative estimate of drug-likeness (QED) is 0.619. The third-order valence-corrected chi connectivity index (χ3v) is 4.06. The summed E-state index contributed by atoms with van der Waals surface area (Å²) in [6.45, 7) is 5.47. The largest absolute Gasteiger partial charge is 0.460 e. The summed E-state index contributed by atoms with van der Waals surface area (Å²) < 4.78 is 37.0. The number of amides is 2. The summed E-state index contributed by atoms with van der Waals surface area (Å²) in [7, 11) is 1.48. The number of carbonyl (C=O) groups excluding carboxylic acids is 2. The molecule has 142 valence electrons. The number of methoxy groups -OCH3 is 1. The van der Waals surface area contributed by atoms with E-state index >= 15 is 0 Å². The number of nitrogens with one attached hydrogen (secondary N) is 1. The molecule has 0 spiro atoms. The molecule has 0 saturated heterocycles. The molecule has 0 saturated carbocycles. The highest BCUT2D eigenvalue weighted by Crippen LogP contribution is 2.32. The lowest BCUT2D eigenvalue weighted by atomic mass is 9.94. The first-order valence-corrected chi connectivity index (χ1v) is 8.19. The van der Waals surface area contributed by atoms with Gasteiger partial charge in [-0.05, 0) is 38.5 Å². The number of esters is 1. The van der Waals surface area contributed by atoms with E-state index in [0.717, 1.165) is 12.1 Å². The summed E-state index contributed by atoms with van der Waals surface area (Å²) >= 11 is 0. The molecule has 2 amide bonds. The average molecular weight is 368 g/mol. The van der Waals surface area contributed by atoms with Crippen molar-refractivity contribution >= 4 is 12.0 Å². The van der Waals surface area contributed by atoms with E-state index in [1.165, 1.54) is 18.1 Å². The molecular weight excluding hydrogens is 346 g/mol. The molecule has 0 unspecified atom stereocenters. The number of rotatable bonds is 6. The highest BCUT2D eigenvalue weighted by Gasteiger charge is 2.37. The SMILES string of the molecule is COCCOC(=O)C1=C(C)N(C(C)C)C(=O)N[C@H]1c1ccc(F)c(F)c1. The van der Waals surface area contributed by atoms with Crippen LogP contribution in [0.3, 0.4) is 0 Å². The number of halogens is 2. The summed E-state index contributed by atoms with van der Waals surface area (Å²) in [5.74, 6) is -2.72. The van der Waals surface area contributed by atoms with Crippen LogP contribution in [0, 0.1) is 11.6 Å². The van der Waals surface area contributed by atoms with Gasteiger partial charge in [-0.2, -0.15) is 0 Å². The standard InChI is InChI=1S/C18H22F2N2O4/c1-10(2)22-11(3)15(17(23)26-8-7-25-4)16(21-18(22)24)12-5-6-13(19)14(20)9-12/h5-6,9-10,16H,7-8H2,1-4H3,(H,21,24)/t16-/m0/s1. The van der Waals surface area contributed by atoms with E-state index < -0.39 is 29.7 Å². The minimum Gasteiger partial charge on any atom is -0.460 e. The highest BCUT2D eigenvalue weighted by atomic mass is 19.2. The molecule has 6 nitrogen and oxygen atoms in total.